The second-order valence-electron chi connectivity index (χ2n) is 10.8. The Bertz CT molecular complexity index is 1630. The first-order valence-electron chi connectivity index (χ1n) is 14.4. The number of imidazole rings is 1. The van der Waals surface area contributed by atoms with Gasteiger partial charge in [-0.3, -0.25) is 14.4 Å². The fraction of sp³-hybridized carbons (Fsp3) is 0.355. The lowest BCUT2D eigenvalue weighted by atomic mass is 10.0. The predicted octanol–water partition coefficient (Wildman–Crippen LogP) is 2.47. The molecule has 0 fully saturated rings. The van der Waals surface area contributed by atoms with Gasteiger partial charge in [0.1, 0.15) is 12.3 Å². The average Bonchev–Trinajstić information content (AvgIpc) is 3.65. The molecular weight excluding hydrogens is 564 g/mol. The maximum Gasteiger partial charge on any atom is 0.272 e. The standard InChI is InChI=1S/C31H36N8O5/c1-20(2)27-29-35-28(21-8-6-5-7-9-21)36-39(29)14-15-44-25-16-22(10-11-24(25)43-4)30(41)33-12-13-38(18-26(40)34-27)31(42)23-17-32-19-37(23)3/h5-11,16-17,19-20,27H,12-15,18H2,1-4H3,(H,33,41)(H,34,40)/t27-/m1/s1. The number of methoxy groups -OCH3 is 1. The number of aromatic nitrogens is 5. The molecule has 13 heteroatoms. The van der Waals surface area contributed by atoms with E-state index in [4.69, 9.17) is 19.6 Å². The molecule has 0 aliphatic carbocycles. The summed E-state index contributed by atoms with van der Waals surface area (Å²) in [6.07, 6.45) is 2.97. The molecule has 0 saturated carbocycles. The van der Waals surface area contributed by atoms with Gasteiger partial charge >= 0.3 is 0 Å². The summed E-state index contributed by atoms with van der Waals surface area (Å²) in [4.78, 5) is 50.4. The second-order valence-corrected chi connectivity index (χ2v) is 10.8. The van der Waals surface area contributed by atoms with Gasteiger partial charge in [0, 0.05) is 31.3 Å². The molecule has 44 heavy (non-hydrogen) atoms. The maximum atomic E-state index is 13.5. The summed E-state index contributed by atoms with van der Waals surface area (Å²) >= 11 is 0. The number of benzene rings is 2. The molecule has 13 nitrogen and oxygen atoms in total. The summed E-state index contributed by atoms with van der Waals surface area (Å²) in [5.41, 5.74) is 1.51. The van der Waals surface area contributed by atoms with Gasteiger partial charge in [-0.05, 0) is 24.1 Å². The minimum atomic E-state index is -0.519. The molecule has 1 aliphatic heterocycles. The number of hydrogen-bond acceptors (Lipinski definition) is 8. The highest BCUT2D eigenvalue weighted by Gasteiger charge is 2.28. The number of fused-ring (bicyclic) bond motifs is 3. The molecule has 2 N–H and O–H groups in total. The van der Waals surface area contributed by atoms with E-state index in [0.29, 0.717) is 40.9 Å². The lowest BCUT2D eigenvalue weighted by Crippen LogP contribution is -2.46. The van der Waals surface area contributed by atoms with Crippen LogP contribution in [-0.2, 0) is 18.4 Å². The lowest BCUT2D eigenvalue weighted by Gasteiger charge is -2.26. The molecule has 4 aromatic rings. The van der Waals surface area contributed by atoms with Gasteiger partial charge in [-0.2, -0.15) is 5.10 Å². The van der Waals surface area contributed by atoms with Crippen LogP contribution in [0.1, 0.15) is 46.6 Å². The average molecular weight is 601 g/mol. The zero-order valence-electron chi connectivity index (χ0n) is 25.2. The van der Waals surface area contributed by atoms with Crippen molar-refractivity contribution in [2.45, 2.75) is 26.4 Å². The van der Waals surface area contributed by atoms with E-state index >= 15 is 0 Å². The summed E-state index contributed by atoms with van der Waals surface area (Å²) in [6.45, 7) is 4.42. The van der Waals surface area contributed by atoms with E-state index in [9.17, 15) is 14.4 Å². The van der Waals surface area contributed by atoms with E-state index in [-0.39, 0.29) is 49.9 Å². The smallest absolute Gasteiger partial charge is 0.272 e. The Balaban J connectivity index is 1.53. The number of nitrogens with zero attached hydrogens (tertiary/aromatic N) is 6. The van der Waals surface area contributed by atoms with Gasteiger partial charge in [-0.1, -0.05) is 44.2 Å². The minimum Gasteiger partial charge on any atom is -0.493 e. The van der Waals surface area contributed by atoms with Crippen LogP contribution in [0.2, 0.25) is 0 Å². The third kappa shape index (κ3) is 6.72. The van der Waals surface area contributed by atoms with E-state index in [0.717, 1.165) is 5.56 Å². The number of ether oxygens (including phenoxy) is 2. The zero-order valence-corrected chi connectivity index (χ0v) is 25.2. The number of nitrogens with one attached hydrogen (secondary N) is 2. The molecule has 1 atom stereocenters. The molecule has 0 radical (unpaired) electrons. The van der Waals surface area contributed by atoms with E-state index in [1.54, 1.807) is 34.5 Å². The zero-order chi connectivity index (χ0) is 31.2. The molecule has 0 spiro atoms. The number of rotatable bonds is 4. The highest BCUT2D eigenvalue weighted by molar-refractivity contribution is 5.96. The molecule has 3 amide bonds. The monoisotopic (exact) mass is 600 g/mol. The molecule has 1 aliphatic rings. The van der Waals surface area contributed by atoms with Crippen molar-refractivity contribution in [1.82, 2.24) is 39.8 Å². The quantitative estimate of drug-likeness (QED) is 0.363. The summed E-state index contributed by atoms with van der Waals surface area (Å²) in [5.74, 6) is 0.762. The molecule has 3 heterocycles. The summed E-state index contributed by atoms with van der Waals surface area (Å²) in [5, 5.41) is 10.7. The topological polar surface area (TPSA) is 146 Å². The third-order valence-corrected chi connectivity index (χ3v) is 7.30. The summed E-state index contributed by atoms with van der Waals surface area (Å²) in [7, 11) is 3.24. The Hall–Kier alpha value is -5.20. The van der Waals surface area contributed by atoms with Crippen molar-refractivity contribution in [3.63, 3.8) is 0 Å². The Labute approximate surface area is 255 Å². The van der Waals surface area contributed by atoms with Gasteiger partial charge in [0.05, 0.1) is 38.8 Å². The molecule has 0 saturated heterocycles. The van der Waals surface area contributed by atoms with Crippen molar-refractivity contribution in [3.8, 4) is 22.9 Å². The largest absolute Gasteiger partial charge is 0.493 e. The van der Waals surface area contributed by atoms with Crippen molar-refractivity contribution in [2.24, 2.45) is 13.0 Å². The third-order valence-electron chi connectivity index (χ3n) is 7.30. The Morgan fingerprint density at radius 2 is 1.89 bits per heavy atom. The number of amides is 3. The Kier molecular flexibility index (Phi) is 9.22. The van der Waals surface area contributed by atoms with Crippen LogP contribution in [0.3, 0.4) is 0 Å². The fourth-order valence-electron chi connectivity index (χ4n) is 4.94. The number of carbonyl (C=O) groups is 3. The van der Waals surface area contributed by atoms with Gasteiger partial charge < -0.3 is 29.6 Å². The van der Waals surface area contributed by atoms with Gasteiger partial charge in [0.15, 0.2) is 23.1 Å². The van der Waals surface area contributed by atoms with Gasteiger partial charge in [0.2, 0.25) is 5.91 Å². The predicted molar refractivity (Wildman–Crippen MR) is 161 cm³/mol. The van der Waals surface area contributed by atoms with Crippen molar-refractivity contribution < 1.29 is 23.9 Å². The van der Waals surface area contributed by atoms with Crippen LogP contribution in [0.5, 0.6) is 11.5 Å². The maximum absolute atomic E-state index is 13.5. The van der Waals surface area contributed by atoms with E-state index in [2.05, 4.69) is 15.6 Å². The highest BCUT2D eigenvalue weighted by Crippen LogP contribution is 2.29. The van der Waals surface area contributed by atoms with Crippen LogP contribution in [0, 0.1) is 5.92 Å². The molecular formula is C31H36N8O5. The molecule has 0 unspecified atom stereocenters. The highest BCUT2D eigenvalue weighted by atomic mass is 16.5. The first kappa shape index (κ1) is 30.3. The van der Waals surface area contributed by atoms with Gasteiger partial charge in [-0.15, -0.1) is 0 Å². The SMILES string of the molecule is COc1ccc2cc1OCCn1nc(-c3ccccc3)nc1[C@@H](C(C)C)NC(=O)CN(C(=O)c1cncn1C)CCNC2=O. The van der Waals surface area contributed by atoms with Gasteiger partial charge in [0.25, 0.3) is 11.8 Å². The van der Waals surface area contributed by atoms with Crippen LogP contribution < -0.4 is 20.1 Å². The fourth-order valence-corrected chi connectivity index (χ4v) is 4.94. The molecule has 230 valence electrons. The van der Waals surface area contributed by atoms with Crippen molar-refractivity contribution >= 4 is 17.7 Å². The summed E-state index contributed by atoms with van der Waals surface area (Å²) in [6, 6.07) is 14.0. The van der Waals surface area contributed by atoms with Crippen LogP contribution in [0.4, 0.5) is 0 Å². The molecule has 2 aromatic heterocycles. The molecule has 2 bridgehead atoms. The van der Waals surface area contributed by atoms with Crippen LogP contribution >= 0.6 is 0 Å². The molecule has 5 rings (SSSR count). The number of hydrogen-bond donors (Lipinski definition) is 2. The van der Waals surface area contributed by atoms with E-state index < -0.39 is 6.04 Å². The Morgan fingerprint density at radius 1 is 1.09 bits per heavy atom. The first-order valence-corrected chi connectivity index (χ1v) is 14.4. The Morgan fingerprint density at radius 3 is 2.59 bits per heavy atom. The van der Waals surface area contributed by atoms with E-state index in [1.807, 2.05) is 44.2 Å². The van der Waals surface area contributed by atoms with Crippen molar-refractivity contribution in [2.75, 3.05) is 33.4 Å². The molecule has 2 aromatic carbocycles. The van der Waals surface area contributed by atoms with Crippen LogP contribution in [-0.4, -0.2) is 80.3 Å². The number of aryl methyl sites for hydroxylation is 1. The van der Waals surface area contributed by atoms with Crippen LogP contribution in [0.15, 0.2) is 61.1 Å². The number of carbonyl (C=O) groups excluding carboxylic acids is 3. The van der Waals surface area contributed by atoms with Gasteiger partial charge in [-0.25, -0.2) is 14.6 Å². The second kappa shape index (κ2) is 13.4. The van der Waals surface area contributed by atoms with Crippen LogP contribution in [0.25, 0.3) is 11.4 Å². The van der Waals surface area contributed by atoms with E-state index in [1.165, 1.54) is 24.5 Å². The van der Waals surface area contributed by atoms with Crippen molar-refractivity contribution in [3.05, 3.63) is 78.1 Å². The lowest BCUT2D eigenvalue weighted by molar-refractivity contribution is -0.123. The minimum absolute atomic E-state index is 0.0641. The summed E-state index contributed by atoms with van der Waals surface area (Å²) < 4.78 is 14.9. The van der Waals surface area contributed by atoms with Crippen molar-refractivity contribution in [1.29, 1.82) is 0 Å². The normalized spacial score (nSPS) is 16.4. The first-order chi connectivity index (χ1) is 21.2.